The van der Waals surface area contributed by atoms with E-state index in [0.717, 1.165) is 27.0 Å². The van der Waals surface area contributed by atoms with Crippen LogP contribution in [0.25, 0.3) is 10.1 Å². The van der Waals surface area contributed by atoms with E-state index in [4.69, 9.17) is 4.43 Å². The summed E-state index contributed by atoms with van der Waals surface area (Å²) in [4.78, 5) is 11.6. The summed E-state index contributed by atoms with van der Waals surface area (Å²) in [5.74, 6) is 0.915. The molecule has 0 unspecified atom stereocenters. The highest BCUT2D eigenvalue weighted by atomic mass is 32.1. The van der Waals surface area contributed by atoms with Crippen LogP contribution in [0.15, 0.2) is 24.3 Å². The number of benzene rings is 1. The van der Waals surface area contributed by atoms with Gasteiger partial charge >= 0.3 is 0 Å². The van der Waals surface area contributed by atoms with Gasteiger partial charge in [-0.05, 0) is 47.8 Å². The Morgan fingerprint density at radius 3 is 2.47 bits per heavy atom. The summed E-state index contributed by atoms with van der Waals surface area (Å²) >= 11 is 1.51. The zero-order chi connectivity index (χ0) is 14.3. The van der Waals surface area contributed by atoms with Crippen molar-refractivity contribution in [1.82, 2.24) is 0 Å². The predicted molar refractivity (Wildman–Crippen MR) is 85.0 cm³/mol. The van der Waals surface area contributed by atoms with Gasteiger partial charge in [0.1, 0.15) is 5.75 Å². The molecule has 19 heavy (non-hydrogen) atoms. The molecule has 1 aromatic heterocycles. The fourth-order valence-electron chi connectivity index (χ4n) is 1.60. The van der Waals surface area contributed by atoms with E-state index in [0.29, 0.717) is 0 Å². The van der Waals surface area contributed by atoms with Crippen LogP contribution in [0.5, 0.6) is 5.75 Å². The smallest absolute Gasteiger partial charge is 0.250 e. The van der Waals surface area contributed by atoms with Crippen LogP contribution in [0.4, 0.5) is 0 Å². The molecular formula is C15H20O2SSi. The first kappa shape index (κ1) is 14.3. The maximum atomic E-state index is 10.8. The van der Waals surface area contributed by atoms with Crippen LogP contribution in [0, 0.1) is 0 Å². The lowest BCUT2D eigenvalue weighted by molar-refractivity contribution is 0.112. The summed E-state index contributed by atoms with van der Waals surface area (Å²) in [5.41, 5.74) is 0. The van der Waals surface area contributed by atoms with E-state index in [1.807, 2.05) is 24.3 Å². The molecular weight excluding hydrogens is 272 g/mol. The van der Waals surface area contributed by atoms with Crippen molar-refractivity contribution in [2.45, 2.75) is 38.9 Å². The zero-order valence-electron chi connectivity index (χ0n) is 12.1. The Morgan fingerprint density at radius 2 is 1.89 bits per heavy atom. The second-order valence-electron chi connectivity index (χ2n) is 6.33. The summed E-state index contributed by atoms with van der Waals surface area (Å²) in [6, 6.07) is 8.00. The Bertz CT molecular complexity index is 608. The molecule has 0 radical (unpaired) electrons. The lowest BCUT2D eigenvalue weighted by Crippen LogP contribution is -2.43. The third-order valence-corrected chi connectivity index (χ3v) is 9.19. The molecule has 0 aliphatic heterocycles. The largest absolute Gasteiger partial charge is 0.543 e. The molecule has 0 N–H and O–H groups in total. The molecule has 0 aliphatic carbocycles. The van der Waals surface area contributed by atoms with Crippen molar-refractivity contribution in [1.29, 1.82) is 0 Å². The summed E-state index contributed by atoms with van der Waals surface area (Å²) in [5, 5.41) is 1.29. The van der Waals surface area contributed by atoms with Gasteiger partial charge in [0.25, 0.3) is 0 Å². The van der Waals surface area contributed by atoms with E-state index in [-0.39, 0.29) is 5.04 Å². The van der Waals surface area contributed by atoms with Crippen LogP contribution in [0.2, 0.25) is 18.1 Å². The zero-order valence-corrected chi connectivity index (χ0v) is 13.9. The van der Waals surface area contributed by atoms with Crippen molar-refractivity contribution in [3.8, 4) is 5.75 Å². The number of rotatable bonds is 3. The highest BCUT2D eigenvalue weighted by molar-refractivity contribution is 7.20. The summed E-state index contributed by atoms with van der Waals surface area (Å²) in [7, 11) is -1.80. The van der Waals surface area contributed by atoms with Crippen molar-refractivity contribution in [2.75, 3.05) is 0 Å². The minimum absolute atomic E-state index is 0.186. The molecule has 1 heterocycles. The van der Waals surface area contributed by atoms with Crippen LogP contribution in [0.1, 0.15) is 30.4 Å². The number of carbonyl (C=O) groups excluding carboxylic acids is 1. The maximum Gasteiger partial charge on any atom is 0.250 e. The quantitative estimate of drug-likeness (QED) is 0.581. The maximum absolute atomic E-state index is 10.8. The Balaban J connectivity index is 2.34. The Morgan fingerprint density at radius 1 is 1.21 bits per heavy atom. The third kappa shape index (κ3) is 2.90. The third-order valence-electron chi connectivity index (χ3n) is 3.81. The van der Waals surface area contributed by atoms with Gasteiger partial charge in [0.2, 0.25) is 8.32 Å². The number of carbonyl (C=O) groups is 1. The molecule has 0 aliphatic rings. The van der Waals surface area contributed by atoms with Gasteiger partial charge in [-0.25, -0.2) is 0 Å². The summed E-state index contributed by atoms with van der Waals surface area (Å²) in [6.07, 6.45) is 0.902. The molecule has 0 amide bonds. The molecule has 0 spiro atoms. The van der Waals surface area contributed by atoms with E-state index in [1.165, 1.54) is 11.3 Å². The van der Waals surface area contributed by atoms with E-state index in [2.05, 4.69) is 33.9 Å². The summed E-state index contributed by atoms with van der Waals surface area (Å²) < 4.78 is 7.38. The van der Waals surface area contributed by atoms with Crippen LogP contribution in [-0.2, 0) is 0 Å². The number of hydrogen-bond donors (Lipinski definition) is 0. The fraction of sp³-hybridized carbons (Fsp3) is 0.400. The van der Waals surface area contributed by atoms with Crippen LogP contribution in [-0.4, -0.2) is 14.6 Å². The second kappa shape index (κ2) is 4.76. The van der Waals surface area contributed by atoms with Crippen molar-refractivity contribution in [2.24, 2.45) is 0 Å². The molecule has 0 atom stereocenters. The summed E-state index contributed by atoms with van der Waals surface area (Å²) in [6.45, 7) is 11.2. The van der Waals surface area contributed by atoms with Gasteiger partial charge in [-0.1, -0.05) is 20.8 Å². The SMILES string of the molecule is CC(C)(C)[Si](C)(C)Oc1ccc2cc(C=O)sc2c1. The van der Waals surface area contributed by atoms with E-state index in [1.54, 1.807) is 0 Å². The Labute approximate surface area is 119 Å². The first-order valence-electron chi connectivity index (χ1n) is 6.41. The van der Waals surface area contributed by atoms with Crippen molar-refractivity contribution in [3.63, 3.8) is 0 Å². The van der Waals surface area contributed by atoms with Crippen molar-refractivity contribution < 1.29 is 9.22 Å². The molecule has 102 valence electrons. The van der Waals surface area contributed by atoms with Gasteiger partial charge in [-0.3, -0.25) is 4.79 Å². The van der Waals surface area contributed by atoms with Gasteiger partial charge in [-0.2, -0.15) is 0 Å². The molecule has 2 rings (SSSR count). The minimum atomic E-state index is -1.80. The van der Waals surface area contributed by atoms with E-state index in [9.17, 15) is 4.79 Å². The molecule has 0 saturated heterocycles. The normalized spacial score (nSPS) is 12.7. The van der Waals surface area contributed by atoms with Gasteiger partial charge in [-0.15, -0.1) is 11.3 Å². The number of aldehydes is 1. The van der Waals surface area contributed by atoms with Gasteiger partial charge in [0.05, 0.1) is 4.88 Å². The highest BCUT2D eigenvalue weighted by Crippen LogP contribution is 2.38. The van der Waals surface area contributed by atoms with E-state index >= 15 is 0 Å². The number of hydrogen-bond acceptors (Lipinski definition) is 3. The lowest BCUT2D eigenvalue weighted by Gasteiger charge is -2.36. The van der Waals surface area contributed by atoms with E-state index < -0.39 is 8.32 Å². The lowest BCUT2D eigenvalue weighted by atomic mass is 10.2. The van der Waals surface area contributed by atoms with Gasteiger partial charge < -0.3 is 4.43 Å². The molecule has 2 aromatic rings. The highest BCUT2D eigenvalue weighted by Gasteiger charge is 2.38. The van der Waals surface area contributed by atoms with Crippen molar-refractivity contribution in [3.05, 3.63) is 29.1 Å². The van der Waals surface area contributed by atoms with Crippen molar-refractivity contribution >= 4 is 36.0 Å². The fourth-order valence-corrected chi connectivity index (χ4v) is 3.53. The minimum Gasteiger partial charge on any atom is -0.543 e. The monoisotopic (exact) mass is 292 g/mol. The first-order valence-corrected chi connectivity index (χ1v) is 10.1. The first-order chi connectivity index (χ1) is 8.73. The van der Waals surface area contributed by atoms with Gasteiger partial charge in [0, 0.05) is 4.70 Å². The Kier molecular flexibility index (Phi) is 3.58. The number of fused-ring (bicyclic) bond motifs is 1. The van der Waals surface area contributed by atoms with Crippen LogP contribution in [0.3, 0.4) is 0 Å². The predicted octanol–water partition coefficient (Wildman–Crippen LogP) is 5.10. The molecule has 1 aromatic carbocycles. The molecule has 0 fully saturated rings. The second-order valence-corrected chi connectivity index (χ2v) is 12.2. The molecule has 2 nitrogen and oxygen atoms in total. The molecule has 0 bridgehead atoms. The standard InChI is InChI=1S/C15H20O2SSi/c1-15(2,3)19(4,5)17-12-7-6-11-8-13(10-16)18-14(11)9-12/h6-10H,1-5H3. The molecule has 4 heteroatoms. The average molecular weight is 292 g/mol. The van der Waals surface area contributed by atoms with Gasteiger partial charge in [0.15, 0.2) is 6.29 Å². The van der Waals surface area contributed by atoms with Crippen LogP contribution < -0.4 is 4.43 Å². The van der Waals surface area contributed by atoms with Crippen LogP contribution >= 0.6 is 11.3 Å². The molecule has 0 saturated carbocycles. The number of thiophene rings is 1. The Hall–Kier alpha value is -1.13. The topological polar surface area (TPSA) is 26.3 Å². The average Bonchev–Trinajstić information content (AvgIpc) is 2.69.